The van der Waals surface area contributed by atoms with Gasteiger partial charge in [0.05, 0.1) is 6.10 Å². The second-order valence-electron chi connectivity index (χ2n) is 4.85. The molecule has 0 heterocycles. The van der Waals surface area contributed by atoms with Gasteiger partial charge < -0.3 is 10.2 Å². The molecule has 0 radical (unpaired) electrons. The van der Waals surface area contributed by atoms with Gasteiger partial charge in [-0.05, 0) is 56.3 Å². The first-order valence-electron chi connectivity index (χ1n) is 6.08. The van der Waals surface area contributed by atoms with Crippen molar-refractivity contribution >= 4 is 0 Å². The van der Waals surface area contributed by atoms with E-state index in [1.54, 1.807) is 0 Å². The summed E-state index contributed by atoms with van der Waals surface area (Å²) >= 11 is 0. The Labute approximate surface area is 93.0 Å². The predicted molar refractivity (Wildman–Crippen MR) is 62.5 cm³/mol. The van der Waals surface area contributed by atoms with Crippen LogP contribution in [0.15, 0.2) is 13.2 Å². The van der Waals surface area contributed by atoms with Gasteiger partial charge >= 0.3 is 0 Å². The molecule has 2 fully saturated rings. The van der Waals surface area contributed by atoms with Crippen molar-refractivity contribution < 1.29 is 10.2 Å². The summed E-state index contributed by atoms with van der Waals surface area (Å²) in [5.41, 5.74) is 0. The van der Waals surface area contributed by atoms with Crippen LogP contribution in [0.2, 0.25) is 0 Å². The van der Waals surface area contributed by atoms with Crippen LogP contribution in [-0.2, 0) is 0 Å². The predicted octanol–water partition coefficient (Wildman–Crippen LogP) is 2.36. The van der Waals surface area contributed by atoms with Gasteiger partial charge in [-0.25, -0.2) is 0 Å². The third-order valence-electron chi connectivity index (χ3n) is 3.95. The molecule has 2 N–H and O–H groups in total. The molecule has 2 nitrogen and oxygen atoms in total. The fourth-order valence-electron chi connectivity index (χ4n) is 3.13. The lowest BCUT2D eigenvalue weighted by Crippen LogP contribution is -2.33. The van der Waals surface area contributed by atoms with Crippen LogP contribution in [0.4, 0.5) is 0 Å². The van der Waals surface area contributed by atoms with Crippen LogP contribution in [0.1, 0.15) is 38.5 Å². The standard InChI is InChI=1S/C11H20O2.C2H4/c12-7-8-1-2-10-6-11(13)4-3-9(10)5-8;1-2/h8-13H,1-7H2;1-2H2. The zero-order valence-corrected chi connectivity index (χ0v) is 9.57. The molecule has 4 atom stereocenters. The van der Waals surface area contributed by atoms with E-state index in [0.717, 1.165) is 24.7 Å². The molecule has 0 amide bonds. The van der Waals surface area contributed by atoms with Crippen LogP contribution in [0.25, 0.3) is 0 Å². The minimum Gasteiger partial charge on any atom is -0.396 e. The third kappa shape index (κ3) is 3.32. The monoisotopic (exact) mass is 212 g/mol. The van der Waals surface area contributed by atoms with Crippen molar-refractivity contribution in [2.75, 3.05) is 6.61 Å². The Bertz CT molecular complexity index is 181. The first-order valence-corrected chi connectivity index (χ1v) is 6.08. The van der Waals surface area contributed by atoms with E-state index >= 15 is 0 Å². The smallest absolute Gasteiger partial charge is 0.0543 e. The highest BCUT2D eigenvalue weighted by molar-refractivity contribution is 4.85. The van der Waals surface area contributed by atoms with E-state index in [2.05, 4.69) is 13.2 Å². The molecule has 0 aromatic rings. The summed E-state index contributed by atoms with van der Waals surface area (Å²) in [5.74, 6) is 2.11. The SMILES string of the molecule is C=C.OCC1CCC2CC(O)CCC2C1. The minimum absolute atomic E-state index is 0.0353. The van der Waals surface area contributed by atoms with Crippen molar-refractivity contribution in [2.45, 2.75) is 44.6 Å². The summed E-state index contributed by atoms with van der Waals surface area (Å²) in [6.07, 6.45) is 6.75. The molecule has 0 aliphatic heterocycles. The van der Waals surface area contributed by atoms with Crippen molar-refractivity contribution in [3.8, 4) is 0 Å². The van der Waals surface area contributed by atoms with Crippen LogP contribution < -0.4 is 0 Å². The highest BCUT2D eigenvalue weighted by Gasteiger charge is 2.34. The van der Waals surface area contributed by atoms with Crippen molar-refractivity contribution in [3.63, 3.8) is 0 Å². The molecular weight excluding hydrogens is 188 g/mol. The summed E-state index contributed by atoms with van der Waals surface area (Å²) in [6.45, 7) is 6.37. The van der Waals surface area contributed by atoms with E-state index in [0.29, 0.717) is 12.5 Å². The number of hydrogen-bond acceptors (Lipinski definition) is 2. The van der Waals surface area contributed by atoms with Gasteiger partial charge in [-0.1, -0.05) is 0 Å². The Morgan fingerprint density at radius 2 is 1.53 bits per heavy atom. The Kier molecular flexibility index (Phi) is 5.34. The quantitative estimate of drug-likeness (QED) is 0.655. The second kappa shape index (κ2) is 6.29. The lowest BCUT2D eigenvalue weighted by Gasteiger charge is -2.40. The van der Waals surface area contributed by atoms with E-state index in [-0.39, 0.29) is 6.10 Å². The summed E-state index contributed by atoms with van der Waals surface area (Å²) in [7, 11) is 0. The van der Waals surface area contributed by atoms with Crippen LogP contribution in [-0.4, -0.2) is 22.9 Å². The second-order valence-corrected chi connectivity index (χ2v) is 4.85. The Balaban J connectivity index is 0.000000531. The van der Waals surface area contributed by atoms with Crippen molar-refractivity contribution in [2.24, 2.45) is 17.8 Å². The maximum atomic E-state index is 9.52. The van der Waals surface area contributed by atoms with Crippen LogP contribution in [0, 0.1) is 17.8 Å². The van der Waals surface area contributed by atoms with E-state index in [1.165, 1.54) is 25.7 Å². The van der Waals surface area contributed by atoms with Crippen LogP contribution in [0.5, 0.6) is 0 Å². The molecule has 2 aliphatic rings. The highest BCUT2D eigenvalue weighted by atomic mass is 16.3. The first kappa shape index (κ1) is 12.7. The fraction of sp³-hybridized carbons (Fsp3) is 0.846. The molecule has 0 aromatic carbocycles. The minimum atomic E-state index is -0.0353. The average molecular weight is 212 g/mol. The van der Waals surface area contributed by atoms with E-state index in [9.17, 15) is 5.11 Å². The Morgan fingerprint density at radius 1 is 0.933 bits per heavy atom. The van der Waals surface area contributed by atoms with E-state index < -0.39 is 0 Å². The fourth-order valence-corrected chi connectivity index (χ4v) is 3.13. The average Bonchev–Trinajstić information content (AvgIpc) is 2.31. The molecule has 4 unspecified atom stereocenters. The largest absolute Gasteiger partial charge is 0.396 e. The number of aliphatic hydroxyl groups excluding tert-OH is 2. The maximum Gasteiger partial charge on any atom is 0.0543 e. The Hall–Kier alpha value is -0.340. The van der Waals surface area contributed by atoms with Gasteiger partial charge in [-0.3, -0.25) is 0 Å². The molecule has 0 saturated heterocycles. The molecule has 0 aromatic heterocycles. The van der Waals surface area contributed by atoms with Gasteiger partial charge in [0.15, 0.2) is 0 Å². The van der Waals surface area contributed by atoms with E-state index in [1.807, 2.05) is 0 Å². The Morgan fingerprint density at radius 3 is 2.20 bits per heavy atom. The molecule has 88 valence electrons. The molecule has 0 spiro atoms. The highest BCUT2D eigenvalue weighted by Crippen LogP contribution is 2.42. The maximum absolute atomic E-state index is 9.52. The number of fused-ring (bicyclic) bond motifs is 1. The van der Waals surface area contributed by atoms with Gasteiger partial charge in [0.1, 0.15) is 0 Å². The molecule has 15 heavy (non-hydrogen) atoms. The lowest BCUT2D eigenvalue weighted by molar-refractivity contribution is 0.0253. The number of aliphatic hydroxyl groups is 2. The molecule has 2 saturated carbocycles. The molecular formula is C13H24O2. The molecule has 0 bridgehead atoms. The lowest BCUT2D eigenvalue weighted by atomic mass is 9.67. The topological polar surface area (TPSA) is 40.5 Å². The summed E-state index contributed by atoms with van der Waals surface area (Å²) in [4.78, 5) is 0. The van der Waals surface area contributed by atoms with Crippen molar-refractivity contribution in [1.82, 2.24) is 0 Å². The van der Waals surface area contributed by atoms with Crippen LogP contribution in [0.3, 0.4) is 0 Å². The van der Waals surface area contributed by atoms with Crippen LogP contribution >= 0.6 is 0 Å². The summed E-state index contributed by atoms with van der Waals surface area (Å²) < 4.78 is 0. The van der Waals surface area contributed by atoms with Crippen molar-refractivity contribution in [1.29, 1.82) is 0 Å². The number of rotatable bonds is 1. The van der Waals surface area contributed by atoms with Gasteiger partial charge in [0, 0.05) is 6.61 Å². The normalized spacial score (nSPS) is 39.9. The van der Waals surface area contributed by atoms with E-state index in [4.69, 9.17) is 5.11 Å². The molecule has 2 aliphatic carbocycles. The number of hydrogen-bond donors (Lipinski definition) is 2. The van der Waals surface area contributed by atoms with Gasteiger partial charge in [0.2, 0.25) is 0 Å². The van der Waals surface area contributed by atoms with Crippen molar-refractivity contribution in [3.05, 3.63) is 13.2 Å². The third-order valence-corrected chi connectivity index (χ3v) is 3.95. The first-order chi connectivity index (χ1) is 7.29. The van der Waals surface area contributed by atoms with Gasteiger partial charge in [-0.2, -0.15) is 0 Å². The zero-order valence-electron chi connectivity index (χ0n) is 9.57. The molecule has 2 rings (SSSR count). The molecule has 2 heteroatoms. The summed E-state index contributed by atoms with van der Waals surface area (Å²) in [5, 5.41) is 18.6. The van der Waals surface area contributed by atoms with Gasteiger partial charge in [0.25, 0.3) is 0 Å². The summed E-state index contributed by atoms with van der Waals surface area (Å²) in [6, 6.07) is 0. The van der Waals surface area contributed by atoms with Gasteiger partial charge in [-0.15, -0.1) is 13.2 Å². The zero-order chi connectivity index (χ0) is 11.3.